The van der Waals surface area contributed by atoms with Gasteiger partial charge in [-0.2, -0.15) is 0 Å². The summed E-state index contributed by atoms with van der Waals surface area (Å²) in [5.41, 5.74) is -1.68. The summed E-state index contributed by atoms with van der Waals surface area (Å²) < 4.78 is 47.7. The van der Waals surface area contributed by atoms with E-state index in [1.54, 1.807) is 6.92 Å². The van der Waals surface area contributed by atoms with E-state index in [-0.39, 0.29) is 57.1 Å². The van der Waals surface area contributed by atoms with Crippen molar-refractivity contribution in [2.75, 3.05) is 6.61 Å². The molecule has 4 heterocycles. The number of ether oxygens (including phenoxy) is 9. The van der Waals surface area contributed by atoms with Gasteiger partial charge < -0.3 is 52.8 Å². The molecule has 2 saturated heterocycles. The molecule has 2 spiro atoms. The third kappa shape index (κ3) is 11.1. The van der Waals surface area contributed by atoms with Crippen LogP contribution in [0.2, 0.25) is 0 Å². The normalized spacial score (nSPS) is 27.8. The molecule has 0 aromatic heterocycles. The molecular formula is C40H40O22. The Labute approximate surface area is 350 Å². The van der Waals surface area contributed by atoms with Crippen LogP contribution in [0.15, 0.2) is 94.9 Å². The molecule has 1 saturated carbocycles. The molecule has 0 aromatic rings. The Bertz CT molecular complexity index is 1940. The van der Waals surface area contributed by atoms with Crippen molar-refractivity contribution in [1.29, 1.82) is 0 Å². The molecule has 22 nitrogen and oxygen atoms in total. The van der Waals surface area contributed by atoms with Crippen LogP contribution in [0.5, 0.6) is 0 Å². The summed E-state index contributed by atoms with van der Waals surface area (Å²) in [5, 5.41) is 31.9. The molecule has 0 radical (unpaired) electrons. The summed E-state index contributed by atoms with van der Waals surface area (Å²) in [6.45, 7) is 4.45. The number of hydrogen-bond donors (Lipinski definition) is 3. The summed E-state index contributed by atoms with van der Waals surface area (Å²) in [6, 6.07) is 0. The molecule has 2 unspecified atom stereocenters. The van der Waals surface area contributed by atoms with Crippen LogP contribution in [0.3, 0.4) is 0 Å². The van der Waals surface area contributed by atoms with Gasteiger partial charge >= 0.3 is 47.8 Å². The maximum absolute atomic E-state index is 12.9. The van der Waals surface area contributed by atoms with Crippen LogP contribution in [0, 0.1) is 0 Å². The van der Waals surface area contributed by atoms with E-state index in [2.05, 4.69) is 9.93 Å². The van der Waals surface area contributed by atoms with Gasteiger partial charge in [-0.05, 0) is 36.3 Å². The van der Waals surface area contributed by atoms with Crippen LogP contribution >= 0.6 is 0 Å². The second kappa shape index (κ2) is 19.0. The first-order valence-corrected chi connectivity index (χ1v) is 18.7. The van der Waals surface area contributed by atoms with Crippen LogP contribution in [-0.4, -0.2) is 93.0 Å². The van der Waals surface area contributed by atoms with Crippen molar-refractivity contribution >= 4 is 47.8 Å². The van der Waals surface area contributed by atoms with Gasteiger partial charge in [0, 0.05) is 52.4 Å². The summed E-state index contributed by atoms with van der Waals surface area (Å²) in [7, 11) is 0. The SMILES string of the molecule is CCOC(=O)CCC1(C)OC(=O)C(C=CC=CC=C2C(=O)OC3(CCC4(CC3)OC(=O)C(=CC=CC=CC3=C(O)OC(C)(CCC(=O)OOO)OC3=O)C(=O)O4)OC2=O)=C(O)O1. The van der Waals surface area contributed by atoms with Crippen LogP contribution in [0.1, 0.15) is 72.1 Å². The van der Waals surface area contributed by atoms with E-state index in [9.17, 15) is 48.6 Å². The van der Waals surface area contributed by atoms with E-state index in [1.165, 1.54) is 50.3 Å². The van der Waals surface area contributed by atoms with Gasteiger partial charge in [0.15, 0.2) is 0 Å². The van der Waals surface area contributed by atoms with E-state index in [0.717, 1.165) is 24.3 Å². The summed E-state index contributed by atoms with van der Waals surface area (Å²) in [4.78, 5) is 103. The Hall–Kier alpha value is -7.20. The van der Waals surface area contributed by atoms with Gasteiger partial charge in [-0.15, -0.1) is 0 Å². The Morgan fingerprint density at radius 3 is 1.31 bits per heavy atom. The summed E-state index contributed by atoms with van der Waals surface area (Å²) >= 11 is 0. The lowest BCUT2D eigenvalue weighted by atomic mass is 9.87. The molecule has 5 aliphatic rings. The molecule has 22 heteroatoms. The fourth-order valence-electron chi connectivity index (χ4n) is 6.23. The molecule has 5 rings (SSSR count). The molecule has 0 amide bonds. The minimum absolute atomic E-state index is 0.0768. The molecule has 3 N–H and O–H groups in total. The smallest absolute Gasteiger partial charge is 0.348 e. The minimum Gasteiger partial charge on any atom is -0.480 e. The zero-order chi connectivity index (χ0) is 45.3. The van der Waals surface area contributed by atoms with Crippen molar-refractivity contribution in [3.05, 3.63) is 94.9 Å². The Balaban J connectivity index is 1.11. The first-order chi connectivity index (χ1) is 29.3. The lowest BCUT2D eigenvalue weighted by Crippen LogP contribution is -2.56. The lowest BCUT2D eigenvalue weighted by molar-refractivity contribution is -0.462. The number of carbonyl (C=O) groups is 8. The average Bonchev–Trinajstić information content (AvgIpc) is 3.18. The summed E-state index contributed by atoms with van der Waals surface area (Å²) in [6.07, 6.45) is 10.4. The molecule has 0 aromatic carbocycles. The predicted octanol–water partition coefficient (Wildman–Crippen LogP) is 3.42. The van der Waals surface area contributed by atoms with Gasteiger partial charge in [-0.3, -0.25) is 9.68 Å². The van der Waals surface area contributed by atoms with Gasteiger partial charge in [0.05, 0.1) is 19.4 Å². The topological polar surface area (TPSA) is 299 Å². The molecule has 62 heavy (non-hydrogen) atoms. The van der Waals surface area contributed by atoms with E-state index in [4.69, 9.17) is 47.9 Å². The lowest BCUT2D eigenvalue weighted by Gasteiger charge is -2.45. The van der Waals surface area contributed by atoms with E-state index in [0.29, 0.717) is 0 Å². The highest BCUT2D eigenvalue weighted by Crippen LogP contribution is 2.45. The molecule has 1 aliphatic carbocycles. The Kier molecular flexibility index (Phi) is 14.1. The zero-order valence-electron chi connectivity index (χ0n) is 33.2. The molecule has 4 aliphatic heterocycles. The maximum Gasteiger partial charge on any atom is 0.348 e. The summed E-state index contributed by atoms with van der Waals surface area (Å²) in [5.74, 6) is -15.9. The number of aliphatic hydroxyl groups is 2. The van der Waals surface area contributed by atoms with Crippen LogP contribution in [0.25, 0.3) is 0 Å². The second-order valence-corrected chi connectivity index (χ2v) is 14.1. The monoisotopic (exact) mass is 872 g/mol. The molecule has 3 fully saturated rings. The molecule has 2 atom stereocenters. The van der Waals surface area contributed by atoms with Crippen molar-refractivity contribution in [3.8, 4) is 0 Å². The van der Waals surface area contributed by atoms with Crippen molar-refractivity contribution in [2.24, 2.45) is 0 Å². The number of esters is 7. The molecule has 332 valence electrons. The van der Waals surface area contributed by atoms with E-state index in [1.807, 2.05) is 0 Å². The van der Waals surface area contributed by atoms with Gasteiger partial charge in [0.1, 0.15) is 22.3 Å². The molecule has 0 bridgehead atoms. The van der Waals surface area contributed by atoms with Crippen molar-refractivity contribution < 1.29 is 106 Å². The predicted molar refractivity (Wildman–Crippen MR) is 196 cm³/mol. The highest BCUT2D eigenvalue weighted by atomic mass is 17.5. The van der Waals surface area contributed by atoms with Crippen molar-refractivity contribution in [2.45, 2.75) is 95.3 Å². The number of allylic oxidation sites excluding steroid dienone is 8. The average molecular weight is 873 g/mol. The quantitative estimate of drug-likeness (QED) is 0.0428. The number of cyclic esters (lactones) is 2. The Morgan fingerprint density at radius 2 is 0.952 bits per heavy atom. The van der Waals surface area contributed by atoms with Gasteiger partial charge in [0.2, 0.25) is 0 Å². The highest BCUT2D eigenvalue weighted by Gasteiger charge is 2.57. The number of hydrogen-bond acceptors (Lipinski definition) is 22. The van der Waals surface area contributed by atoms with Crippen LogP contribution in [0.4, 0.5) is 0 Å². The first-order valence-electron chi connectivity index (χ1n) is 18.7. The van der Waals surface area contributed by atoms with Crippen LogP contribution in [-0.2, 0) is 90.9 Å². The zero-order valence-corrected chi connectivity index (χ0v) is 33.2. The molecular weight excluding hydrogens is 832 g/mol. The highest BCUT2D eigenvalue weighted by molar-refractivity contribution is 6.16. The first kappa shape index (κ1) is 45.9. The number of rotatable bonds is 14. The second-order valence-electron chi connectivity index (χ2n) is 14.1. The largest absolute Gasteiger partial charge is 0.480 e. The van der Waals surface area contributed by atoms with E-state index < -0.39 is 106 Å². The third-order valence-corrected chi connectivity index (χ3v) is 9.41. The fraction of sp³-hybridized carbons (Fsp3) is 0.400. The van der Waals surface area contributed by atoms with Crippen molar-refractivity contribution in [3.63, 3.8) is 0 Å². The van der Waals surface area contributed by atoms with Gasteiger partial charge in [0.25, 0.3) is 35.0 Å². The number of carbonyl (C=O) groups excluding carboxylic acids is 8. The standard InChI is InChI=1S/C40H40O22/c1-4-52-27(41)15-17-37(2)53-29(43)23(30(44)54-37)11-7-5-9-13-25-33(47)57-39(58-34(25)48)19-21-40(22-20-39)59-35(49)26(36(50)60-40)14-10-6-8-12-24-31(45)55-38(3,56-32(24)46)18-16-28(42)61-62-51/h5-14,43,45,51H,4,15-22H2,1-3H3. The van der Waals surface area contributed by atoms with Crippen molar-refractivity contribution in [1.82, 2.24) is 0 Å². The third-order valence-electron chi connectivity index (χ3n) is 9.41. The van der Waals surface area contributed by atoms with Gasteiger partial charge in [-0.1, -0.05) is 36.5 Å². The van der Waals surface area contributed by atoms with Crippen LogP contribution < -0.4 is 0 Å². The minimum atomic E-state index is -1.74. The number of aliphatic hydroxyl groups excluding tert-OH is 2. The van der Waals surface area contributed by atoms with E-state index >= 15 is 0 Å². The maximum atomic E-state index is 12.9. The fourth-order valence-corrected chi connectivity index (χ4v) is 6.23. The Morgan fingerprint density at radius 1 is 0.565 bits per heavy atom. The van der Waals surface area contributed by atoms with Gasteiger partial charge in [-0.25, -0.2) is 38.8 Å².